The number of β-lactam (4-membered cyclic amide) rings is 1. The number of nitrogens with zero attached hydrogens (tertiary/aromatic N) is 1. The Hall–Kier alpha value is -2.78. The van der Waals surface area contributed by atoms with Gasteiger partial charge in [0.05, 0.1) is 0 Å². The Morgan fingerprint density at radius 3 is 2.30 bits per heavy atom. The summed E-state index contributed by atoms with van der Waals surface area (Å²) in [6, 6.07) is 22.8. The van der Waals surface area contributed by atoms with E-state index in [0.717, 1.165) is 16.8 Å². The van der Waals surface area contributed by atoms with E-state index in [1.165, 1.54) is 5.56 Å². The summed E-state index contributed by atoms with van der Waals surface area (Å²) in [5.41, 5.74) is 4.09. The van der Waals surface area contributed by atoms with Crippen molar-refractivity contribution in [1.29, 1.82) is 0 Å². The Morgan fingerprint density at radius 2 is 1.59 bits per heavy atom. The molecule has 4 rings (SSSR count). The molecular formula is C23H20ClNO2. The van der Waals surface area contributed by atoms with Crippen LogP contribution in [0.15, 0.2) is 72.8 Å². The molecule has 3 aromatic carbocycles. The summed E-state index contributed by atoms with van der Waals surface area (Å²) in [6.07, 6.45) is -0.603. The summed E-state index contributed by atoms with van der Waals surface area (Å²) in [6.45, 7) is 4.11. The van der Waals surface area contributed by atoms with Gasteiger partial charge in [0.1, 0.15) is 11.8 Å². The molecule has 0 N–H and O–H groups in total. The lowest BCUT2D eigenvalue weighted by atomic mass is 9.89. The number of carbonyl (C=O) groups excluding carboxylic acids is 1. The summed E-state index contributed by atoms with van der Waals surface area (Å²) in [4.78, 5) is 14.8. The highest BCUT2D eigenvalue weighted by Gasteiger charge is 2.51. The first-order valence-electron chi connectivity index (χ1n) is 8.93. The van der Waals surface area contributed by atoms with E-state index in [1.807, 2.05) is 79.7 Å². The summed E-state index contributed by atoms with van der Waals surface area (Å²) in [5, 5.41) is 0.630. The molecule has 0 bridgehead atoms. The quantitative estimate of drug-likeness (QED) is 0.562. The number of aryl methyl sites for hydroxylation is 2. The van der Waals surface area contributed by atoms with Crippen molar-refractivity contribution in [3.63, 3.8) is 0 Å². The first kappa shape index (κ1) is 17.6. The topological polar surface area (TPSA) is 29.5 Å². The minimum Gasteiger partial charge on any atom is -0.478 e. The van der Waals surface area contributed by atoms with Crippen LogP contribution < -0.4 is 9.64 Å². The van der Waals surface area contributed by atoms with Crippen LogP contribution in [0.2, 0.25) is 5.02 Å². The Kier molecular flexibility index (Phi) is 4.63. The van der Waals surface area contributed by atoms with Gasteiger partial charge in [0, 0.05) is 10.7 Å². The van der Waals surface area contributed by atoms with Crippen LogP contribution in [0.1, 0.15) is 22.7 Å². The van der Waals surface area contributed by atoms with Crippen molar-refractivity contribution in [1.82, 2.24) is 0 Å². The average molecular weight is 378 g/mol. The Bertz CT molecular complexity index is 987. The van der Waals surface area contributed by atoms with Gasteiger partial charge in [0.2, 0.25) is 6.10 Å². The molecule has 0 radical (unpaired) electrons. The molecule has 4 heteroatoms. The molecule has 3 nitrogen and oxygen atoms in total. The number of hydrogen-bond acceptors (Lipinski definition) is 2. The average Bonchev–Trinajstić information content (AvgIpc) is 2.68. The third-order valence-electron chi connectivity index (χ3n) is 5.04. The van der Waals surface area contributed by atoms with E-state index >= 15 is 0 Å². The van der Waals surface area contributed by atoms with Gasteiger partial charge in [-0.2, -0.15) is 0 Å². The van der Waals surface area contributed by atoms with E-state index in [-0.39, 0.29) is 11.9 Å². The number of ether oxygens (including phenoxy) is 1. The Morgan fingerprint density at radius 1 is 0.889 bits per heavy atom. The molecule has 0 aliphatic carbocycles. The lowest BCUT2D eigenvalue weighted by Crippen LogP contribution is -2.61. The van der Waals surface area contributed by atoms with Crippen LogP contribution in [0.5, 0.6) is 5.75 Å². The molecule has 2 atom stereocenters. The van der Waals surface area contributed by atoms with Crippen LogP contribution in [0, 0.1) is 13.8 Å². The van der Waals surface area contributed by atoms with Crippen molar-refractivity contribution in [2.75, 3.05) is 4.90 Å². The van der Waals surface area contributed by atoms with Gasteiger partial charge in [0.25, 0.3) is 5.91 Å². The van der Waals surface area contributed by atoms with Gasteiger partial charge >= 0.3 is 0 Å². The van der Waals surface area contributed by atoms with Gasteiger partial charge in [-0.3, -0.25) is 9.69 Å². The molecule has 27 heavy (non-hydrogen) atoms. The van der Waals surface area contributed by atoms with Crippen molar-refractivity contribution < 1.29 is 9.53 Å². The second kappa shape index (κ2) is 7.09. The van der Waals surface area contributed by atoms with E-state index in [4.69, 9.17) is 16.3 Å². The summed E-state index contributed by atoms with van der Waals surface area (Å²) in [7, 11) is 0. The van der Waals surface area contributed by atoms with E-state index in [1.54, 1.807) is 4.90 Å². The highest BCUT2D eigenvalue weighted by molar-refractivity contribution is 6.31. The van der Waals surface area contributed by atoms with Crippen LogP contribution in [0.4, 0.5) is 5.69 Å². The largest absolute Gasteiger partial charge is 0.478 e. The van der Waals surface area contributed by atoms with E-state index < -0.39 is 6.10 Å². The fourth-order valence-corrected chi connectivity index (χ4v) is 3.65. The smallest absolute Gasteiger partial charge is 0.271 e. The molecule has 0 aromatic heterocycles. The van der Waals surface area contributed by atoms with Crippen molar-refractivity contribution >= 4 is 23.2 Å². The van der Waals surface area contributed by atoms with Crippen LogP contribution >= 0.6 is 11.6 Å². The van der Waals surface area contributed by atoms with Crippen LogP contribution in [0.3, 0.4) is 0 Å². The van der Waals surface area contributed by atoms with Crippen molar-refractivity contribution in [2.24, 2.45) is 0 Å². The number of halogens is 1. The van der Waals surface area contributed by atoms with E-state index in [2.05, 4.69) is 6.92 Å². The van der Waals surface area contributed by atoms with Gasteiger partial charge in [-0.15, -0.1) is 0 Å². The highest BCUT2D eigenvalue weighted by Crippen LogP contribution is 2.43. The van der Waals surface area contributed by atoms with Crippen LogP contribution in [-0.4, -0.2) is 12.0 Å². The van der Waals surface area contributed by atoms with E-state index in [9.17, 15) is 4.79 Å². The predicted molar refractivity (Wildman–Crippen MR) is 108 cm³/mol. The van der Waals surface area contributed by atoms with Crippen molar-refractivity contribution in [2.45, 2.75) is 26.0 Å². The number of para-hydroxylation sites is 1. The number of hydrogen-bond donors (Lipinski definition) is 0. The number of benzene rings is 3. The summed E-state index contributed by atoms with van der Waals surface area (Å²) >= 11 is 6.46. The van der Waals surface area contributed by atoms with Crippen molar-refractivity contribution in [3.05, 3.63) is 94.5 Å². The third kappa shape index (κ3) is 3.19. The molecule has 1 heterocycles. The normalized spacial score (nSPS) is 18.9. The highest BCUT2D eigenvalue weighted by atomic mass is 35.5. The second-order valence-electron chi connectivity index (χ2n) is 6.79. The molecular weight excluding hydrogens is 358 g/mol. The minimum atomic E-state index is -0.603. The fourth-order valence-electron chi connectivity index (χ4n) is 3.40. The molecule has 136 valence electrons. The maximum atomic E-state index is 13.0. The number of amides is 1. The van der Waals surface area contributed by atoms with Gasteiger partial charge in [-0.05, 0) is 60.9 Å². The third-order valence-corrected chi connectivity index (χ3v) is 5.39. The van der Waals surface area contributed by atoms with E-state index in [0.29, 0.717) is 10.8 Å². The number of rotatable bonds is 4. The molecule has 1 amide bonds. The molecule has 0 saturated carbocycles. The predicted octanol–water partition coefficient (Wildman–Crippen LogP) is 5.49. The molecule has 3 aromatic rings. The molecule has 0 unspecified atom stereocenters. The van der Waals surface area contributed by atoms with Gasteiger partial charge in [0.15, 0.2) is 0 Å². The maximum Gasteiger partial charge on any atom is 0.271 e. The monoisotopic (exact) mass is 377 g/mol. The maximum absolute atomic E-state index is 13.0. The minimum absolute atomic E-state index is 0.0629. The number of carbonyl (C=O) groups is 1. The van der Waals surface area contributed by atoms with Gasteiger partial charge in [-0.1, -0.05) is 54.1 Å². The molecule has 0 spiro atoms. The Balaban J connectivity index is 1.73. The van der Waals surface area contributed by atoms with Gasteiger partial charge < -0.3 is 4.74 Å². The second-order valence-corrected chi connectivity index (χ2v) is 7.20. The van der Waals surface area contributed by atoms with Crippen molar-refractivity contribution in [3.8, 4) is 5.75 Å². The molecule has 1 fully saturated rings. The standard InChI is InChI=1S/C23H20ClNO2/c1-15-12-13-17(14-16(15)2)25-21(19-10-6-7-11-20(19)24)22(23(25)26)27-18-8-4-3-5-9-18/h3-14,21-22H,1-2H3/t21-,22+/m1/s1. The summed E-state index contributed by atoms with van der Waals surface area (Å²) in [5.74, 6) is 0.611. The molecule has 1 aliphatic heterocycles. The Labute approximate surface area is 164 Å². The zero-order chi connectivity index (χ0) is 19.0. The number of anilines is 1. The van der Waals surface area contributed by atoms with Crippen LogP contribution in [0.25, 0.3) is 0 Å². The SMILES string of the molecule is Cc1ccc(N2C(=O)[C@@H](Oc3ccccc3)[C@H]2c2ccccc2Cl)cc1C. The zero-order valence-corrected chi connectivity index (χ0v) is 16.0. The fraction of sp³-hybridized carbons (Fsp3) is 0.174. The lowest BCUT2D eigenvalue weighted by molar-refractivity contribution is -0.135. The molecule has 1 aliphatic rings. The first-order valence-corrected chi connectivity index (χ1v) is 9.30. The lowest BCUT2D eigenvalue weighted by Gasteiger charge is -2.47. The van der Waals surface area contributed by atoms with Gasteiger partial charge in [-0.25, -0.2) is 0 Å². The summed E-state index contributed by atoms with van der Waals surface area (Å²) < 4.78 is 6.04. The zero-order valence-electron chi connectivity index (χ0n) is 15.2. The van der Waals surface area contributed by atoms with Crippen LogP contribution in [-0.2, 0) is 4.79 Å². The molecule has 1 saturated heterocycles. The first-order chi connectivity index (χ1) is 13.1.